The second kappa shape index (κ2) is 7.02. The van der Waals surface area contributed by atoms with E-state index in [2.05, 4.69) is 29.5 Å². The van der Waals surface area contributed by atoms with Crippen molar-refractivity contribution in [3.63, 3.8) is 0 Å². The average molecular weight is 314 g/mol. The average Bonchev–Trinajstić information content (AvgIpc) is 2.81. The van der Waals surface area contributed by atoms with Crippen molar-refractivity contribution in [3.8, 4) is 0 Å². The third-order valence-electron chi connectivity index (χ3n) is 2.79. The van der Waals surface area contributed by atoms with Gasteiger partial charge in [-0.1, -0.05) is 18.5 Å². The summed E-state index contributed by atoms with van der Waals surface area (Å²) < 4.78 is 13.1. The molecule has 0 spiro atoms. The van der Waals surface area contributed by atoms with Crippen LogP contribution in [0.5, 0.6) is 0 Å². The van der Waals surface area contributed by atoms with Crippen LogP contribution in [0.25, 0.3) is 0 Å². The van der Waals surface area contributed by atoms with Gasteiger partial charge < -0.3 is 10.6 Å². The molecular formula is C14H17ClFN3S. The highest BCUT2D eigenvalue weighted by Crippen LogP contribution is 2.25. The van der Waals surface area contributed by atoms with Crippen LogP contribution in [0.4, 0.5) is 15.2 Å². The number of benzene rings is 1. The number of nitrogens with one attached hydrogen (secondary N) is 2. The Morgan fingerprint density at radius 3 is 2.95 bits per heavy atom. The van der Waals surface area contributed by atoms with E-state index in [0.29, 0.717) is 6.04 Å². The smallest absolute Gasteiger partial charge is 0.187 e. The molecule has 0 aliphatic rings. The van der Waals surface area contributed by atoms with Crippen molar-refractivity contribution < 1.29 is 4.39 Å². The number of nitrogens with zero attached hydrogens (tertiary/aromatic N) is 1. The van der Waals surface area contributed by atoms with E-state index in [0.717, 1.165) is 29.5 Å². The molecule has 3 nitrogen and oxygen atoms in total. The van der Waals surface area contributed by atoms with Gasteiger partial charge in [0, 0.05) is 23.5 Å². The van der Waals surface area contributed by atoms with Crippen LogP contribution in [0.1, 0.15) is 19.5 Å². The van der Waals surface area contributed by atoms with Crippen molar-refractivity contribution in [1.29, 1.82) is 0 Å². The summed E-state index contributed by atoms with van der Waals surface area (Å²) in [6.07, 6.45) is 0.885. The minimum Gasteiger partial charge on any atom is -0.331 e. The molecule has 1 aromatic heterocycles. The van der Waals surface area contributed by atoms with E-state index in [-0.39, 0.29) is 5.02 Å². The van der Waals surface area contributed by atoms with Crippen molar-refractivity contribution in [1.82, 2.24) is 10.3 Å². The monoisotopic (exact) mass is 313 g/mol. The molecule has 0 saturated carbocycles. The van der Waals surface area contributed by atoms with E-state index in [9.17, 15) is 4.39 Å². The number of likely N-dealkylation sites (N-methyl/N-ethyl adjacent to an activating group) is 1. The fourth-order valence-electron chi connectivity index (χ4n) is 1.89. The van der Waals surface area contributed by atoms with Crippen LogP contribution < -0.4 is 10.6 Å². The number of hydrogen-bond acceptors (Lipinski definition) is 4. The minimum absolute atomic E-state index is 0.104. The van der Waals surface area contributed by atoms with E-state index < -0.39 is 5.82 Å². The Bertz CT molecular complexity index is 573. The number of thiazole rings is 1. The van der Waals surface area contributed by atoms with Gasteiger partial charge in [0.1, 0.15) is 5.82 Å². The maximum absolute atomic E-state index is 13.1. The lowest BCUT2D eigenvalue weighted by molar-refractivity contribution is 0.561. The molecule has 20 heavy (non-hydrogen) atoms. The van der Waals surface area contributed by atoms with Crippen molar-refractivity contribution in [3.05, 3.63) is 40.1 Å². The molecule has 0 amide bonds. The summed E-state index contributed by atoms with van der Waals surface area (Å²) in [4.78, 5) is 4.51. The number of halogens is 2. The van der Waals surface area contributed by atoms with Gasteiger partial charge in [0.05, 0.1) is 10.7 Å². The molecule has 0 fully saturated rings. The molecule has 0 saturated heterocycles. The van der Waals surface area contributed by atoms with Crippen LogP contribution in [0.3, 0.4) is 0 Å². The zero-order valence-electron chi connectivity index (χ0n) is 11.4. The minimum atomic E-state index is -0.420. The Kier molecular flexibility index (Phi) is 5.34. The van der Waals surface area contributed by atoms with Crippen molar-refractivity contribution in [2.75, 3.05) is 11.9 Å². The molecule has 0 aliphatic heterocycles. The van der Waals surface area contributed by atoms with Crippen LogP contribution in [-0.2, 0) is 6.42 Å². The van der Waals surface area contributed by atoms with Gasteiger partial charge in [0.25, 0.3) is 0 Å². The van der Waals surface area contributed by atoms with Crippen molar-refractivity contribution >= 4 is 33.8 Å². The topological polar surface area (TPSA) is 37.0 Å². The zero-order valence-corrected chi connectivity index (χ0v) is 13.0. The maximum atomic E-state index is 13.1. The predicted molar refractivity (Wildman–Crippen MR) is 83.6 cm³/mol. The lowest BCUT2D eigenvalue weighted by Crippen LogP contribution is -2.27. The Balaban J connectivity index is 2.00. The van der Waals surface area contributed by atoms with Crippen LogP contribution in [0, 0.1) is 5.82 Å². The van der Waals surface area contributed by atoms with E-state index in [1.165, 1.54) is 17.4 Å². The molecule has 1 heterocycles. The molecule has 1 aromatic carbocycles. The second-order valence-corrected chi connectivity index (χ2v) is 5.83. The third-order valence-corrected chi connectivity index (χ3v) is 3.89. The number of hydrogen-bond donors (Lipinski definition) is 2. The summed E-state index contributed by atoms with van der Waals surface area (Å²) in [6, 6.07) is 4.94. The van der Waals surface area contributed by atoms with Gasteiger partial charge >= 0.3 is 0 Å². The maximum Gasteiger partial charge on any atom is 0.187 e. The van der Waals surface area contributed by atoms with Gasteiger partial charge in [-0.05, 0) is 31.7 Å². The van der Waals surface area contributed by atoms with Gasteiger partial charge in [-0.25, -0.2) is 9.37 Å². The molecule has 2 N–H and O–H groups in total. The standard InChI is InChI=1S/C14H17ClFN3S/c1-3-17-9(2)6-11-8-20-14(19-11)18-10-4-5-13(16)12(15)7-10/h4-5,7-9,17H,3,6H2,1-2H3,(H,18,19). The molecule has 0 radical (unpaired) electrons. The second-order valence-electron chi connectivity index (χ2n) is 4.56. The highest BCUT2D eigenvalue weighted by Gasteiger charge is 2.07. The summed E-state index contributed by atoms with van der Waals surface area (Å²) in [5, 5.41) is 9.40. The van der Waals surface area contributed by atoms with E-state index in [1.54, 1.807) is 12.1 Å². The van der Waals surface area contributed by atoms with E-state index in [1.807, 2.05) is 5.38 Å². The van der Waals surface area contributed by atoms with Crippen LogP contribution >= 0.6 is 22.9 Å². The lowest BCUT2D eigenvalue weighted by Gasteiger charge is -2.09. The first-order valence-corrected chi connectivity index (χ1v) is 7.74. The quantitative estimate of drug-likeness (QED) is 0.838. The summed E-state index contributed by atoms with van der Waals surface area (Å²) in [6.45, 7) is 5.17. The first-order valence-electron chi connectivity index (χ1n) is 6.48. The summed E-state index contributed by atoms with van der Waals surface area (Å²) in [7, 11) is 0. The molecule has 2 aromatic rings. The third kappa shape index (κ3) is 4.16. The molecule has 2 rings (SSSR count). The number of aromatic nitrogens is 1. The van der Waals surface area contributed by atoms with Crippen LogP contribution in [-0.4, -0.2) is 17.6 Å². The Hall–Kier alpha value is -1.17. The Morgan fingerprint density at radius 1 is 1.45 bits per heavy atom. The highest BCUT2D eigenvalue weighted by atomic mass is 35.5. The molecule has 0 aliphatic carbocycles. The SMILES string of the molecule is CCNC(C)Cc1csc(Nc2ccc(F)c(Cl)c2)n1. The fraction of sp³-hybridized carbons (Fsp3) is 0.357. The molecule has 108 valence electrons. The molecule has 1 atom stereocenters. The van der Waals surface area contributed by atoms with Crippen LogP contribution in [0.2, 0.25) is 5.02 Å². The Labute approximate surface area is 127 Å². The van der Waals surface area contributed by atoms with E-state index in [4.69, 9.17) is 11.6 Å². The first kappa shape index (κ1) is 15.2. The van der Waals surface area contributed by atoms with E-state index >= 15 is 0 Å². The first-order chi connectivity index (χ1) is 9.58. The van der Waals surface area contributed by atoms with Gasteiger partial charge in [-0.2, -0.15) is 0 Å². The van der Waals surface area contributed by atoms with Gasteiger partial charge in [-0.15, -0.1) is 11.3 Å². The van der Waals surface area contributed by atoms with Crippen molar-refractivity contribution in [2.24, 2.45) is 0 Å². The van der Waals surface area contributed by atoms with Crippen molar-refractivity contribution in [2.45, 2.75) is 26.3 Å². The van der Waals surface area contributed by atoms with Gasteiger partial charge in [0.2, 0.25) is 0 Å². The van der Waals surface area contributed by atoms with Crippen LogP contribution in [0.15, 0.2) is 23.6 Å². The summed E-state index contributed by atoms with van der Waals surface area (Å²) in [5.74, 6) is -0.420. The molecule has 0 bridgehead atoms. The normalized spacial score (nSPS) is 12.4. The van der Waals surface area contributed by atoms with Gasteiger partial charge in [-0.3, -0.25) is 0 Å². The van der Waals surface area contributed by atoms with Gasteiger partial charge in [0.15, 0.2) is 5.13 Å². The largest absolute Gasteiger partial charge is 0.331 e. The Morgan fingerprint density at radius 2 is 2.25 bits per heavy atom. The zero-order chi connectivity index (χ0) is 14.5. The lowest BCUT2D eigenvalue weighted by atomic mass is 10.2. The molecular weight excluding hydrogens is 297 g/mol. The highest BCUT2D eigenvalue weighted by molar-refractivity contribution is 7.13. The number of rotatable bonds is 6. The summed E-state index contributed by atoms with van der Waals surface area (Å²) in [5.41, 5.74) is 1.77. The molecule has 1 unspecified atom stereocenters. The molecule has 6 heteroatoms. The number of anilines is 2. The summed E-state index contributed by atoms with van der Waals surface area (Å²) >= 11 is 7.28. The fourth-order valence-corrected chi connectivity index (χ4v) is 2.81. The predicted octanol–water partition coefficient (Wildman–Crippen LogP) is 4.22.